The van der Waals surface area contributed by atoms with E-state index in [4.69, 9.17) is 9.88 Å². The second-order valence-corrected chi connectivity index (χ2v) is 11.7. The third-order valence-corrected chi connectivity index (χ3v) is 6.41. The molecule has 1 amide bonds. The molecule has 1 atom stereocenters. The summed E-state index contributed by atoms with van der Waals surface area (Å²) < 4.78 is 100. The molecule has 0 bridgehead atoms. The number of ether oxygens (including phenoxy) is 1. The molecular weight excluding hydrogens is 564 g/mol. The van der Waals surface area contributed by atoms with Crippen molar-refractivity contribution >= 4 is 32.8 Å². The number of hydrogen-bond donors (Lipinski definition) is 3. The average molecular weight is 590 g/mol. The van der Waals surface area contributed by atoms with Crippen LogP contribution in [0.1, 0.15) is 31.9 Å². The molecule has 0 aliphatic heterocycles. The average Bonchev–Trinajstić information content (AvgIpc) is 2.78. The largest absolute Gasteiger partial charge is 0.444 e. The molecule has 15 heteroatoms. The van der Waals surface area contributed by atoms with Gasteiger partial charge in [0.1, 0.15) is 22.9 Å². The van der Waals surface area contributed by atoms with E-state index in [1.54, 1.807) is 20.8 Å². The summed E-state index contributed by atoms with van der Waals surface area (Å²) in [7, 11) is -3.38. The Morgan fingerprint density at radius 2 is 1.77 bits per heavy atom. The lowest BCUT2D eigenvalue weighted by Crippen LogP contribution is -2.36. The minimum Gasteiger partial charge on any atom is -0.444 e. The first kappa shape index (κ1) is 30.7. The molecule has 0 aliphatic carbocycles. The van der Waals surface area contributed by atoms with Gasteiger partial charge in [-0.3, -0.25) is 9.35 Å². The van der Waals surface area contributed by atoms with Gasteiger partial charge >= 0.3 is 12.3 Å². The summed E-state index contributed by atoms with van der Waals surface area (Å²) in [5.41, 5.74) is -3.29. The molecular formula is C25H25F6N5O3S. The number of anilines is 2. The van der Waals surface area contributed by atoms with Crippen molar-refractivity contribution in [2.45, 2.75) is 32.5 Å². The topological polar surface area (TPSA) is 119 Å². The maximum Gasteiger partial charge on any atom is 0.416 e. The van der Waals surface area contributed by atoms with Crippen LogP contribution in [0.5, 0.6) is 0 Å². The monoisotopic (exact) mass is 589 g/mol. The highest BCUT2D eigenvalue weighted by atomic mass is 32.2. The van der Waals surface area contributed by atoms with Gasteiger partial charge in [0.05, 0.1) is 11.8 Å². The van der Waals surface area contributed by atoms with Crippen molar-refractivity contribution in [2.75, 3.05) is 17.6 Å². The van der Waals surface area contributed by atoms with E-state index in [1.807, 2.05) is 0 Å². The molecule has 8 nitrogen and oxygen atoms in total. The molecule has 0 saturated carbocycles. The van der Waals surface area contributed by atoms with Gasteiger partial charge < -0.3 is 15.4 Å². The van der Waals surface area contributed by atoms with Crippen LogP contribution in [0.2, 0.25) is 0 Å². The zero-order valence-corrected chi connectivity index (χ0v) is 22.2. The molecule has 2 aromatic carbocycles. The van der Waals surface area contributed by atoms with Crippen molar-refractivity contribution in [3.05, 3.63) is 71.2 Å². The third-order valence-electron chi connectivity index (χ3n) is 4.89. The van der Waals surface area contributed by atoms with Crippen molar-refractivity contribution < 1.29 is 40.1 Å². The summed E-state index contributed by atoms with van der Waals surface area (Å²) in [6, 6.07) is 4.93. The predicted molar refractivity (Wildman–Crippen MR) is 139 cm³/mol. The first-order valence-corrected chi connectivity index (χ1v) is 13.4. The number of aromatic nitrogens is 2. The molecule has 3 aromatic rings. The Morgan fingerprint density at radius 1 is 1.07 bits per heavy atom. The molecule has 40 heavy (non-hydrogen) atoms. The van der Waals surface area contributed by atoms with Gasteiger partial charge in [-0.1, -0.05) is 0 Å². The van der Waals surface area contributed by atoms with Gasteiger partial charge in [0.2, 0.25) is 5.95 Å². The van der Waals surface area contributed by atoms with Crippen molar-refractivity contribution in [1.82, 2.24) is 15.3 Å². The van der Waals surface area contributed by atoms with Crippen LogP contribution in [0, 0.1) is 17.5 Å². The van der Waals surface area contributed by atoms with Crippen molar-refractivity contribution in [2.24, 2.45) is 5.14 Å². The fourth-order valence-electron chi connectivity index (χ4n) is 3.30. The summed E-state index contributed by atoms with van der Waals surface area (Å²) in [6.07, 6.45) is -4.94. The van der Waals surface area contributed by atoms with Crippen LogP contribution in [0.25, 0.3) is 11.3 Å². The van der Waals surface area contributed by atoms with Crippen molar-refractivity contribution in [1.29, 1.82) is 0 Å². The summed E-state index contributed by atoms with van der Waals surface area (Å²) >= 11 is 0. The van der Waals surface area contributed by atoms with Gasteiger partial charge in [-0.05, 0) is 56.7 Å². The molecule has 0 fully saturated rings. The quantitative estimate of drug-likeness (QED) is 0.259. The highest BCUT2D eigenvalue weighted by molar-refractivity contribution is 7.99. The molecule has 4 N–H and O–H groups in total. The van der Waals surface area contributed by atoms with Crippen LogP contribution in [0.15, 0.2) is 42.6 Å². The number of carbonyl (C=O) groups is 1. The van der Waals surface area contributed by atoms with E-state index in [0.29, 0.717) is 24.4 Å². The molecule has 216 valence electrons. The van der Waals surface area contributed by atoms with Crippen LogP contribution in [-0.2, 0) is 20.6 Å². The molecule has 0 aliphatic rings. The second kappa shape index (κ2) is 11.7. The van der Waals surface area contributed by atoms with E-state index in [1.165, 1.54) is 0 Å². The molecule has 0 radical (unpaired) electrons. The predicted octanol–water partition coefficient (Wildman–Crippen LogP) is 5.16. The SMILES string of the molecule is CC(C)(C)OC(=O)NCCS(N)(=O)=Cc1cc(Nc2ncc(F)c(-c3ccc(F)cc3F)n2)cc(C(F)(F)F)c1. The Bertz CT molecular complexity index is 1530. The van der Waals surface area contributed by atoms with Crippen LogP contribution in [0.3, 0.4) is 0 Å². The van der Waals surface area contributed by atoms with E-state index < -0.39 is 67.8 Å². The van der Waals surface area contributed by atoms with Gasteiger partial charge in [0, 0.05) is 44.7 Å². The van der Waals surface area contributed by atoms with Gasteiger partial charge in [0.25, 0.3) is 0 Å². The Hall–Kier alpha value is -3.85. The minimum atomic E-state index is -4.82. The summed E-state index contributed by atoms with van der Waals surface area (Å²) in [5.74, 6) is -3.78. The summed E-state index contributed by atoms with van der Waals surface area (Å²) in [5, 5.41) is 11.6. The maximum atomic E-state index is 14.3. The molecule has 1 unspecified atom stereocenters. The first-order chi connectivity index (χ1) is 18.4. The van der Waals surface area contributed by atoms with Gasteiger partial charge in [0.15, 0.2) is 5.82 Å². The number of benzene rings is 2. The van der Waals surface area contributed by atoms with Crippen LogP contribution < -0.4 is 15.8 Å². The lowest BCUT2D eigenvalue weighted by molar-refractivity contribution is -0.137. The van der Waals surface area contributed by atoms with Crippen molar-refractivity contribution in [3.63, 3.8) is 0 Å². The molecule has 3 rings (SSSR count). The first-order valence-electron chi connectivity index (χ1n) is 11.5. The number of alkyl carbamates (subject to hydrolysis) is 1. The number of nitrogens with two attached hydrogens (primary N) is 1. The highest BCUT2D eigenvalue weighted by Gasteiger charge is 2.31. The number of nitrogens with one attached hydrogen (secondary N) is 2. The molecule has 1 aromatic heterocycles. The smallest absolute Gasteiger partial charge is 0.416 e. The van der Waals surface area contributed by atoms with E-state index in [-0.39, 0.29) is 23.5 Å². The number of nitrogens with zero attached hydrogens (tertiary/aromatic N) is 2. The minimum absolute atomic E-state index is 0.184. The van der Waals surface area contributed by atoms with Gasteiger partial charge in [-0.15, -0.1) is 0 Å². The molecule has 1 heterocycles. The number of halogens is 6. The van der Waals surface area contributed by atoms with E-state index in [0.717, 1.165) is 23.6 Å². The third kappa shape index (κ3) is 8.84. The number of carbonyl (C=O) groups excluding carboxylic acids is 1. The lowest BCUT2D eigenvalue weighted by atomic mass is 10.1. The summed E-state index contributed by atoms with van der Waals surface area (Å²) in [6.45, 7) is 4.75. The zero-order valence-electron chi connectivity index (χ0n) is 21.4. The zero-order chi connectivity index (χ0) is 29.9. The molecule has 0 saturated heterocycles. The Labute approximate surface area is 226 Å². The Balaban J connectivity index is 1.90. The van der Waals surface area contributed by atoms with Crippen LogP contribution >= 0.6 is 0 Å². The normalized spacial score (nSPS) is 13.3. The van der Waals surface area contributed by atoms with Crippen molar-refractivity contribution in [3.8, 4) is 11.3 Å². The number of alkyl halides is 3. The summed E-state index contributed by atoms with van der Waals surface area (Å²) in [4.78, 5) is 19.3. The van der Waals surface area contributed by atoms with Gasteiger partial charge in [-0.25, -0.2) is 27.9 Å². The second-order valence-electron chi connectivity index (χ2n) is 9.51. The highest BCUT2D eigenvalue weighted by Crippen LogP contribution is 2.33. The Morgan fingerprint density at radius 3 is 2.40 bits per heavy atom. The maximum absolute atomic E-state index is 14.3. The lowest BCUT2D eigenvalue weighted by Gasteiger charge is -2.19. The Kier molecular flexibility index (Phi) is 8.99. The number of amides is 1. The van der Waals surface area contributed by atoms with Gasteiger partial charge in [-0.2, -0.15) is 13.2 Å². The standard InChI is InChI=1S/C25H25F6N5O3S/c1-24(2,3)39-23(37)33-6-7-40(32,38)13-14-8-15(25(29,30)31)10-17(9-14)35-22-34-12-20(28)21(36-22)18-5-4-16(26)11-19(18)27/h4-5,8-13H,6-7H2,1-3H3,(H2,32,38)(H,33,37)(H,34,35,36). The number of rotatable bonds is 7. The van der Waals surface area contributed by atoms with E-state index in [9.17, 15) is 35.3 Å². The van der Waals surface area contributed by atoms with E-state index in [2.05, 4.69) is 20.6 Å². The number of hydrogen-bond acceptors (Lipinski definition) is 6. The fourth-order valence-corrected chi connectivity index (χ4v) is 4.43. The molecule has 0 spiro atoms. The fraction of sp³-hybridized carbons (Fsp3) is 0.280. The van der Waals surface area contributed by atoms with Crippen LogP contribution in [0.4, 0.5) is 42.8 Å². The van der Waals surface area contributed by atoms with Crippen LogP contribution in [-0.4, -0.2) is 43.5 Å². The van der Waals surface area contributed by atoms with E-state index >= 15 is 0 Å².